The number of pyridine rings is 1. The summed E-state index contributed by atoms with van der Waals surface area (Å²) in [7, 11) is 0. The molecule has 1 amide bonds. The van der Waals surface area contributed by atoms with Crippen LogP contribution in [-0.2, 0) is 13.1 Å². The van der Waals surface area contributed by atoms with Gasteiger partial charge in [-0.25, -0.2) is 0 Å². The van der Waals surface area contributed by atoms with Crippen molar-refractivity contribution in [2.45, 2.75) is 13.1 Å². The van der Waals surface area contributed by atoms with Crippen LogP contribution in [0.15, 0.2) is 65.5 Å². The van der Waals surface area contributed by atoms with Crippen LogP contribution in [0.2, 0.25) is 0 Å². The van der Waals surface area contributed by atoms with Gasteiger partial charge in [0, 0.05) is 11.9 Å². The molecular weight excluding hydrogens is 300 g/mol. The van der Waals surface area contributed by atoms with Crippen molar-refractivity contribution in [1.29, 1.82) is 0 Å². The maximum absolute atomic E-state index is 12.6. The highest BCUT2D eigenvalue weighted by Crippen LogP contribution is 2.12. The molecule has 0 atom stereocenters. The molecule has 0 unspecified atom stereocenters. The van der Waals surface area contributed by atoms with Crippen LogP contribution in [0.5, 0.6) is 0 Å². The predicted octanol–water partition coefficient (Wildman–Crippen LogP) is 2.56. The zero-order valence-electron chi connectivity index (χ0n) is 13.0. The Bertz CT molecular complexity index is 982. The van der Waals surface area contributed by atoms with Crippen molar-refractivity contribution in [3.8, 4) is 12.3 Å². The highest BCUT2D eigenvalue weighted by molar-refractivity contribution is 5.96. The molecule has 0 spiro atoms. The van der Waals surface area contributed by atoms with Gasteiger partial charge >= 0.3 is 0 Å². The van der Waals surface area contributed by atoms with Gasteiger partial charge in [0.1, 0.15) is 5.69 Å². The van der Waals surface area contributed by atoms with Crippen LogP contribution in [0.3, 0.4) is 0 Å². The molecule has 24 heavy (non-hydrogen) atoms. The fourth-order valence-corrected chi connectivity index (χ4v) is 2.60. The molecule has 0 aliphatic heterocycles. The largest absolute Gasteiger partial charge is 0.347 e. The second-order valence-corrected chi connectivity index (χ2v) is 5.38. The van der Waals surface area contributed by atoms with Gasteiger partial charge in [-0.3, -0.25) is 14.2 Å². The van der Waals surface area contributed by atoms with Crippen molar-refractivity contribution in [2.24, 2.45) is 0 Å². The van der Waals surface area contributed by atoms with Crippen molar-refractivity contribution in [3.05, 3.63) is 82.3 Å². The molecule has 0 saturated heterocycles. The second-order valence-electron chi connectivity index (χ2n) is 5.38. The smallest absolute Gasteiger partial charge is 0.268 e. The highest BCUT2D eigenvalue weighted by Gasteiger charge is 2.14. The van der Waals surface area contributed by atoms with Gasteiger partial charge in [0.15, 0.2) is 0 Å². The summed E-state index contributed by atoms with van der Waals surface area (Å²) in [5.41, 5.74) is 1.00. The van der Waals surface area contributed by atoms with Crippen molar-refractivity contribution in [1.82, 2.24) is 9.88 Å². The van der Waals surface area contributed by atoms with E-state index in [4.69, 9.17) is 6.42 Å². The third kappa shape index (κ3) is 3.06. The fraction of sp³-hybridized carbons (Fsp3) is 0.100. The van der Waals surface area contributed by atoms with Crippen LogP contribution in [-0.4, -0.2) is 10.5 Å². The highest BCUT2D eigenvalue weighted by atomic mass is 16.2. The van der Waals surface area contributed by atoms with Crippen LogP contribution in [0, 0.1) is 12.3 Å². The zero-order chi connectivity index (χ0) is 16.9. The molecule has 3 aromatic rings. The van der Waals surface area contributed by atoms with Gasteiger partial charge in [-0.1, -0.05) is 54.5 Å². The first kappa shape index (κ1) is 15.6. The lowest BCUT2D eigenvalue weighted by molar-refractivity contribution is 0.0941. The van der Waals surface area contributed by atoms with Crippen LogP contribution in [0.1, 0.15) is 16.1 Å². The van der Waals surface area contributed by atoms with Crippen LogP contribution in [0.4, 0.5) is 0 Å². The maximum atomic E-state index is 12.6. The fourth-order valence-electron chi connectivity index (χ4n) is 2.60. The first-order valence-corrected chi connectivity index (χ1v) is 7.59. The lowest BCUT2D eigenvalue weighted by Crippen LogP contribution is -2.32. The number of terminal acetylenes is 1. The Balaban J connectivity index is 1.98. The quantitative estimate of drug-likeness (QED) is 0.752. The molecular formula is C20H16N2O2. The SMILES string of the molecule is C#CCn1c(C(=O)NCc2ccccc2)cc2ccccc2c1=O. The molecule has 0 aliphatic rings. The Labute approximate surface area is 139 Å². The molecule has 118 valence electrons. The van der Waals surface area contributed by atoms with Gasteiger partial charge < -0.3 is 5.32 Å². The first-order chi connectivity index (χ1) is 11.7. The summed E-state index contributed by atoms with van der Waals surface area (Å²) in [6.07, 6.45) is 5.37. The topological polar surface area (TPSA) is 51.1 Å². The van der Waals surface area contributed by atoms with E-state index < -0.39 is 0 Å². The number of amides is 1. The van der Waals surface area contributed by atoms with Gasteiger partial charge in [0.05, 0.1) is 6.54 Å². The number of nitrogens with zero attached hydrogens (tertiary/aromatic N) is 1. The number of carbonyl (C=O) groups is 1. The maximum Gasteiger partial charge on any atom is 0.268 e. The van der Waals surface area contributed by atoms with E-state index in [1.165, 1.54) is 4.57 Å². The Kier molecular flexibility index (Phi) is 4.44. The molecule has 3 rings (SSSR count). The predicted molar refractivity (Wildman–Crippen MR) is 94.7 cm³/mol. The minimum absolute atomic E-state index is 0.0533. The standard InChI is InChI=1S/C20H16N2O2/c1-2-12-22-18(13-16-10-6-7-11-17(16)20(22)24)19(23)21-14-15-8-4-3-5-9-15/h1,3-11,13H,12,14H2,(H,21,23). The number of nitrogens with one attached hydrogen (secondary N) is 1. The Hall–Kier alpha value is -3.32. The molecule has 0 fully saturated rings. The molecule has 2 aromatic carbocycles. The summed E-state index contributed by atoms with van der Waals surface area (Å²) in [5, 5.41) is 4.11. The average molecular weight is 316 g/mol. The number of hydrogen-bond acceptors (Lipinski definition) is 2. The number of rotatable bonds is 4. The Morgan fingerprint density at radius 3 is 2.54 bits per heavy atom. The lowest BCUT2D eigenvalue weighted by atomic mass is 10.1. The summed E-state index contributed by atoms with van der Waals surface area (Å²) < 4.78 is 1.34. The lowest BCUT2D eigenvalue weighted by Gasteiger charge is -2.12. The summed E-state index contributed by atoms with van der Waals surface area (Å²) in [4.78, 5) is 25.2. The first-order valence-electron chi connectivity index (χ1n) is 7.59. The van der Waals surface area contributed by atoms with E-state index in [1.807, 2.05) is 42.5 Å². The van der Waals surface area contributed by atoms with E-state index in [-0.39, 0.29) is 23.7 Å². The summed E-state index contributed by atoms with van der Waals surface area (Å²) in [6, 6.07) is 18.5. The number of hydrogen-bond donors (Lipinski definition) is 1. The average Bonchev–Trinajstić information content (AvgIpc) is 2.63. The molecule has 0 bridgehead atoms. The van der Waals surface area contributed by atoms with Crippen molar-refractivity contribution >= 4 is 16.7 Å². The number of benzene rings is 2. The van der Waals surface area contributed by atoms with Crippen molar-refractivity contribution in [3.63, 3.8) is 0 Å². The van der Waals surface area contributed by atoms with Crippen molar-refractivity contribution in [2.75, 3.05) is 0 Å². The van der Waals surface area contributed by atoms with Gasteiger partial charge in [-0.15, -0.1) is 6.42 Å². The van der Waals surface area contributed by atoms with E-state index in [0.29, 0.717) is 11.9 Å². The zero-order valence-corrected chi connectivity index (χ0v) is 13.0. The third-order valence-electron chi connectivity index (χ3n) is 3.80. The van der Waals surface area contributed by atoms with E-state index in [2.05, 4.69) is 11.2 Å². The summed E-state index contributed by atoms with van der Waals surface area (Å²) in [6.45, 7) is 0.439. The molecule has 0 radical (unpaired) electrons. The van der Waals surface area contributed by atoms with Gasteiger partial charge in [0.25, 0.3) is 11.5 Å². The molecule has 1 heterocycles. The molecule has 1 aromatic heterocycles. The van der Waals surface area contributed by atoms with Crippen molar-refractivity contribution < 1.29 is 4.79 Å². The van der Waals surface area contributed by atoms with E-state index in [1.54, 1.807) is 18.2 Å². The van der Waals surface area contributed by atoms with Gasteiger partial charge in [-0.05, 0) is 23.1 Å². The monoisotopic (exact) mass is 316 g/mol. The van der Waals surface area contributed by atoms with Crippen LogP contribution >= 0.6 is 0 Å². The molecule has 0 aliphatic carbocycles. The number of carbonyl (C=O) groups excluding carboxylic acids is 1. The minimum atomic E-state index is -0.322. The Morgan fingerprint density at radius 1 is 1.08 bits per heavy atom. The van der Waals surface area contributed by atoms with Crippen LogP contribution < -0.4 is 10.9 Å². The molecule has 4 heteroatoms. The summed E-state index contributed by atoms with van der Waals surface area (Å²) >= 11 is 0. The molecule has 1 N–H and O–H groups in total. The Morgan fingerprint density at radius 2 is 1.79 bits per heavy atom. The molecule has 4 nitrogen and oxygen atoms in total. The molecule has 0 saturated carbocycles. The normalized spacial score (nSPS) is 10.3. The van der Waals surface area contributed by atoms with E-state index in [0.717, 1.165) is 10.9 Å². The number of aromatic nitrogens is 1. The van der Waals surface area contributed by atoms with Gasteiger partial charge in [-0.2, -0.15) is 0 Å². The third-order valence-corrected chi connectivity index (χ3v) is 3.80. The van der Waals surface area contributed by atoms with E-state index >= 15 is 0 Å². The van der Waals surface area contributed by atoms with Gasteiger partial charge in [0.2, 0.25) is 0 Å². The number of fused-ring (bicyclic) bond motifs is 1. The summed E-state index contributed by atoms with van der Waals surface area (Å²) in [5.74, 6) is 2.12. The van der Waals surface area contributed by atoms with Crippen LogP contribution in [0.25, 0.3) is 10.8 Å². The second kappa shape index (κ2) is 6.84. The minimum Gasteiger partial charge on any atom is -0.347 e. The van der Waals surface area contributed by atoms with E-state index in [9.17, 15) is 9.59 Å².